The van der Waals surface area contributed by atoms with Gasteiger partial charge in [0.2, 0.25) is 0 Å². The molecule has 0 radical (unpaired) electrons. The Bertz CT molecular complexity index is 171. The van der Waals surface area contributed by atoms with Gasteiger partial charge in [-0.25, -0.2) is 0 Å². The first-order valence-corrected chi connectivity index (χ1v) is 5.54. The Morgan fingerprint density at radius 2 is 1.93 bits per heavy atom. The molecule has 0 heterocycles. The molecule has 1 saturated carbocycles. The Balaban J connectivity index is 2.18. The van der Waals surface area contributed by atoms with Gasteiger partial charge in [0, 0.05) is 0 Å². The second-order valence-electron chi connectivity index (χ2n) is 4.19. The Morgan fingerprint density at radius 1 is 1.36 bits per heavy atom. The third-order valence-corrected chi connectivity index (χ3v) is 2.81. The summed E-state index contributed by atoms with van der Waals surface area (Å²) < 4.78 is 5.61. The lowest BCUT2D eigenvalue weighted by Crippen LogP contribution is -2.21. The van der Waals surface area contributed by atoms with Crippen LogP contribution in [0.2, 0.25) is 0 Å². The molecule has 0 saturated heterocycles. The lowest BCUT2D eigenvalue weighted by molar-refractivity contribution is -0.144. The van der Waals surface area contributed by atoms with Gasteiger partial charge in [0.25, 0.3) is 0 Å². The number of hydrogen-bond donors (Lipinski definition) is 1. The van der Waals surface area contributed by atoms with Crippen LogP contribution in [-0.4, -0.2) is 23.8 Å². The maximum Gasteiger partial charge on any atom is 0.308 e. The van der Waals surface area contributed by atoms with Crippen LogP contribution >= 0.6 is 0 Å². The topological polar surface area (TPSA) is 46.5 Å². The zero-order valence-electron chi connectivity index (χ0n) is 8.87. The third kappa shape index (κ3) is 4.09. The van der Waals surface area contributed by atoms with Crippen LogP contribution in [0.15, 0.2) is 0 Å². The Labute approximate surface area is 85.5 Å². The molecule has 14 heavy (non-hydrogen) atoms. The van der Waals surface area contributed by atoms with Gasteiger partial charge in [0.1, 0.15) is 0 Å². The van der Waals surface area contributed by atoms with Gasteiger partial charge in [-0.1, -0.05) is 25.7 Å². The molecular formula is C11H20O3. The second kappa shape index (κ2) is 6.02. The summed E-state index contributed by atoms with van der Waals surface area (Å²) in [6.07, 6.45) is 7.57. The summed E-state index contributed by atoms with van der Waals surface area (Å²) in [5, 5.41) is 8.69. The summed E-state index contributed by atoms with van der Waals surface area (Å²) in [5.41, 5.74) is 0. The van der Waals surface area contributed by atoms with Gasteiger partial charge in [-0.05, 0) is 19.8 Å². The minimum atomic E-state index is -0.765. The van der Waals surface area contributed by atoms with Crippen molar-refractivity contribution in [1.29, 1.82) is 0 Å². The highest BCUT2D eigenvalue weighted by molar-refractivity contribution is 5.69. The number of carbonyl (C=O) groups is 1. The van der Waals surface area contributed by atoms with Gasteiger partial charge in [-0.15, -0.1) is 0 Å². The van der Waals surface area contributed by atoms with Crippen LogP contribution in [0, 0.1) is 5.92 Å². The Hall–Kier alpha value is -0.570. The molecule has 1 N–H and O–H groups in total. The molecule has 1 unspecified atom stereocenters. The maximum absolute atomic E-state index is 10.6. The van der Waals surface area contributed by atoms with E-state index in [1.54, 1.807) is 6.92 Å². The highest BCUT2D eigenvalue weighted by Gasteiger charge is 2.16. The number of hydrogen-bond acceptors (Lipinski definition) is 2. The van der Waals surface area contributed by atoms with E-state index in [-0.39, 0.29) is 5.92 Å². The largest absolute Gasteiger partial charge is 0.481 e. The number of aliphatic carboxylic acids is 1. The number of rotatable bonds is 4. The van der Waals surface area contributed by atoms with E-state index < -0.39 is 5.97 Å². The summed E-state index contributed by atoms with van der Waals surface area (Å²) in [4.78, 5) is 10.6. The van der Waals surface area contributed by atoms with Crippen molar-refractivity contribution in [2.45, 2.75) is 51.6 Å². The summed E-state index contributed by atoms with van der Waals surface area (Å²) in [6.45, 7) is 2.05. The minimum absolute atomic E-state index is 0.305. The van der Waals surface area contributed by atoms with E-state index in [0.717, 1.165) is 12.8 Å². The molecule has 0 aromatic heterocycles. The predicted molar refractivity (Wildman–Crippen MR) is 54.2 cm³/mol. The average molecular weight is 200 g/mol. The van der Waals surface area contributed by atoms with Gasteiger partial charge in [0.15, 0.2) is 0 Å². The fraction of sp³-hybridized carbons (Fsp3) is 0.909. The molecule has 0 aromatic carbocycles. The van der Waals surface area contributed by atoms with Crippen LogP contribution in [0.1, 0.15) is 45.4 Å². The highest BCUT2D eigenvalue weighted by Crippen LogP contribution is 2.20. The van der Waals surface area contributed by atoms with Crippen molar-refractivity contribution in [3.63, 3.8) is 0 Å². The summed E-state index contributed by atoms with van der Waals surface area (Å²) in [6, 6.07) is 0. The molecular weight excluding hydrogens is 180 g/mol. The molecule has 1 aliphatic rings. The summed E-state index contributed by atoms with van der Waals surface area (Å²) in [5.74, 6) is -1.14. The fourth-order valence-electron chi connectivity index (χ4n) is 1.76. The minimum Gasteiger partial charge on any atom is -0.481 e. The molecule has 0 aromatic rings. The summed E-state index contributed by atoms with van der Waals surface area (Å²) in [7, 11) is 0. The average Bonchev–Trinajstić information content (AvgIpc) is 2.42. The molecule has 1 aliphatic carbocycles. The van der Waals surface area contributed by atoms with E-state index in [1.807, 2.05) is 0 Å². The molecule has 1 fully saturated rings. The van der Waals surface area contributed by atoms with Crippen molar-refractivity contribution < 1.29 is 14.6 Å². The zero-order chi connectivity index (χ0) is 10.4. The van der Waals surface area contributed by atoms with E-state index in [4.69, 9.17) is 9.84 Å². The van der Waals surface area contributed by atoms with Crippen molar-refractivity contribution in [3.05, 3.63) is 0 Å². The first kappa shape index (κ1) is 11.5. The van der Waals surface area contributed by atoms with Crippen LogP contribution in [-0.2, 0) is 9.53 Å². The number of ether oxygens (including phenoxy) is 1. The van der Waals surface area contributed by atoms with Gasteiger partial charge >= 0.3 is 5.97 Å². The van der Waals surface area contributed by atoms with Crippen molar-refractivity contribution in [3.8, 4) is 0 Å². The van der Waals surface area contributed by atoms with Gasteiger partial charge in [0.05, 0.1) is 18.6 Å². The van der Waals surface area contributed by atoms with Crippen molar-refractivity contribution in [2.75, 3.05) is 6.61 Å². The van der Waals surface area contributed by atoms with E-state index in [0.29, 0.717) is 12.7 Å². The second-order valence-corrected chi connectivity index (χ2v) is 4.19. The van der Waals surface area contributed by atoms with Crippen LogP contribution in [0.5, 0.6) is 0 Å². The Kier molecular flexibility index (Phi) is 4.94. The molecule has 82 valence electrons. The van der Waals surface area contributed by atoms with Crippen molar-refractivity contribution >= 4 is 5.97 Å². The molecule has 0 aliphatic heterocycles. The zero-order valence-corrected chi connectivity index (χ0v) is 8.87. The molecule has 0 bridgehead atoms. The fourth-order valence-corrected chi connectivity index (χ4v) is 1.76. The van der Waals surface area contributed by atoms with E-state index in [9.17, 15) is 4.79 Å². The Morgan fingerprint density at radius 3 is 2.43 bits per heavy atom. The lowest BCUT2D eigenvalue weighted by atomic mass is 10.1. The maximum atomic E-state index is 10.6. The number of carboxylic acid groups (broad SMARTS) is 1. The van der Waals surface area contributed by atoms with Crippen LogP contribution < -0.4 is 0 Å². The number of carboxylic acids is 1. The van der Waals surface area contributed by atoms with Gasteiger partial charge in [-0.2, -0.15) is 0 Å². The first-order chi connectivity index (χ1) is 6.70. The van der Waals surface area contributed by atoms with E-state index in [2.05, 4.69) is 0 Å². The van der Waals surface area contributed by atoms with Crippen LogP contribution in [0.4, 0.5) is 0 Å². The molecule has 0 spiro atoms. The van der Waals surface area contributed by atoms with Crippen molar-refractivity contribution in [2.24, 2.45) is 5.92 Å². The van der Waals surface area contributed by atoms with E-state index >= 15 is 0 Å². The smallest absolute Gasteiger partial charge is 0.308 e. The monoisotopic (exact) mass is 200 g/mol. The third-order valence-electron chi connectivity index (χ3n) is 2.81. The van der Waals surface area contributed by atoms with Gasteiger partial charge < -0.3 is 9.84 Å². The normalized spacial score (nSPS) is 21.5. The lowest BCUT2D eigenvalue weighted by Gasteiger charge is -2.16. The summed E-state index contributed by atoms with van der Waals surface area (Å²) >= 11 is 0. The predicted octanol–water partition coefficient (Wildman–Crippen LogP) is 2.45. The molecule has 1 atom stereocenters. The van der Waals surface area contributed by atoms with Crippen molar-refractivity contribution in [1.82, 2.24) is 0 Å². The molecule has 3 heteroatoms. The van der Waals surface area contributed by atoms with Crippen LogP contribution in [0.3, 0.4) is 0 Å². The quantitative estimate of drug-likeness (QED) is 0.709. The van der Waals surface area contributed by atoms with Gasteiger partial charge in [-0.3, -0.25) is 4.79 Å². The van der Waals surface area contributed by atoms with E-state index in [1.165, 1.54) is 25.7 Å². The molecule has 0 amide bonds. The molecule has 3 nitrogen and oxygen atoms in total. The first-order valence-electron chi connectivity index (χ1n) is 5.54. The van der Waals surface area contributed by atoms with Crippen LogP contribution in [0.25, 0.3) is 0 Å². The SMILES string of the molecule is CC(COC1CCCCCC1)C(=O)O. The molecule has 1 rings (SSSR count). The highest BCUT2D eigenvalue weighted by atomic mass is 16.5. The standard InChI is InChI=1S/C11H20O3/c1-9(11(12)13)8-14-10-6-4-2-3-5-7-10/h9-10H,2-8H2,1H3,(H,12,13).